The Balaban J connectivity index is 1.89. The Bertz CT molecular complexity index is 440. The molecule has 0 amide bonds. The van der Waals surface area contributed by atoms with Crippen LogP contribution in [0.3, 0.4) is 0 Å². The summed E-state index contributed by atoms with van der Waals surface area (Å²) < 4.78 is 8.97. The van der Waals surface area contributed by atoms with Gasteiger partial charge in [0, 0.05) is 0 Å². The van der Waals surface area contributed by atoms with Gasteiger partial charge in [0.25, 0.3) is 0 Å². The number of hydrogen-bond acceptors (Lipinski definition) is 0. The lowest BCUT2D eigenvalue weighted by molar-refractivity contribution is -0.697. The van der Waals surface area contributed by atoms with Crippen molar-refractivity contribution in [2.24, 2.45) is 0 Å². The molecule has 4 heteroatoms. The summed E-state index contributed by atoms with van der Waals surface area (Å²) in [6.07, 6.45) is 18.0. The zero-order valence-corrected chi connectivity index (χ0v) is 12.2. The molecule has 0 N–H and O–H groups in total. The quantitative estimate of drug-likeness (QED) is 0.647. The molecule has 0 radical (unpaired) electrons. The molecule has 0 aliphatic heterocycles. The Morgan fingerprint density at radius 2 is 1.26 bits per heavy atom. The normalized spacial score (nSPS) is 11.1. The molecule has 0 saturated carbocycles. The van der Waals surface area contributed by atoms with Crippen LogP contribution < -0.4 is 9.13 Å². The molecular formula is C15H26N4+2. The summed E-state index contributed by atoms with van der Waals surface area (Å²) in [5.41, 5.74) is 0. The van der Waals surface area contributed by atoms with Gasteiger partial charge in [-0.15, -0.1) is 0 Å². The Morgan fingerprint density at radius 3 is 1.68 bits per heavy atom. The predicted octanol–water partition coefficient (Wildman–Crippen LogP) is 1.97. The Morgan fingerprint density at radius 1 is 0.789 bits per heavy atom. The second-order valence-electron chi connectivity index (χ2n) is 5.18. The molecular weight excluding hydrogens is 236 g/mol. The van der Waals surface area contributed by atoms with E-state index in [0.29, 0.717) is 0 Å². The molecule has 2 aromatic rings. The van der Waals surface area contributed by atoms with E-state index in [1.54, 1.807) is 0 Å². The summed E-state index contributed by atoms with van der Waals surface area (Å²) in [4.78, 5) is 0. The van der Waals surface area contributed by atoms with Crippen LogP contribution in [-0.4, -0.2) is 9.13 Å². The highest BCUT2D eigenvalue weighted by atomic mass is 15.2. The van der Waals surface area contributed by atoms with Gasteiger partial charge in [-0.1, -0.05) is 26.7 Å². The Hall–Kier alpha value is -1.58. The third-order valence-corrected chi connectivity index (χ3v) is 3.36. The summed E-state index contributed by atoms with van der Waals surface area (Å²) in [5.74, 6) is 0. The molecule has 0 aliphatic rings. The fourth-order valence-corrected chi connectivity index (χ4v) is 2.18. The minimum absolute atomic E-state index is 0.887. The number of aryl methyl sites for hydroxylation is 2. The molecule has 0 atom stereocenters. The minimum Gasteiger partial charge on any atom is -0.237 e. The van der Waals surface area contributed by atoms with Gasteiger partial charge in [-0.05, 0) is 12.8 Å². The predicted molar refractivity (Wildman–Crippen MR) is 74.5 cm³/mol. The minimum atomic E-state index is 0.887. The molecule has 0 bridgehead atoms. The van der Waals surface area contributed by atoms with Gasteiger partial charge in [0.15, 0.2) is 0 Å². The molecule has 2 rings (SSSR count). The van der Waals surface area contributed by atoms with Crippen molar-refractivity contribution in [3.05, 3.63) is 37.4 Å². The number of nitrogens with zero attached hydrogens (tertiary/aromatic N) is 4. The molecule has 0 aliphatic carbocycles. The summed E-state index contributed by atoms with van der Waals surface area (Å²) >= 11 is 0. The Labute approximate surface area is 115 Å². The second kappa shape index (κ2) is 7.12. The van der Waals surface area contributed by atoms with Gasteiger partial charge >= 0.3 is 0 Å². The first-order valence-corrected chi connectivity index (χ1v) is 7.41. The zero-order chi connectivity index (χ0) is 13.5. The van der Waals surface area contributed by atoms with E-state index >= 15 is 0 Å². The molecule has 104 valence electrons. The van der Waals surface area contributed by atoms with Crippen molar-refractivity contribution in [3.63, 3.8) is 0 Å². The number of unbranched alkanes of at least 4 members (excludes halogenated alkanes) is 2. The first-order chi connectivity index (χ1) is 9.31. The van der Waals surface area contributed by atoms with Gasteiger partial charge in [-0.3, -0.25) is 0 Å². The average Bonchev–Trinajstić information content (AvgIpc) is 3.04. The van der Waals surface area contributed by atoms with Gasteiger partial charge in [0.1, 0.15) is 24.8 Å². The van der Waals surface area contributed by atoms with Crippen LogP contribution in [0.4, 0.5) is 0 Å². The largest absolute Gasteiger partial charge is 0.246 e. The van der Waals surface area contributed by atoms with Gasteiger partial charge in [-0.2, -0.15) is 9.13 Å². The molecule has 19 heavy (non-hydrogen) atoms. The van der Waals surface area contributed by atoms with Crippen molar-refractivity contribution in [1.29, 1.82) is 0 Å². The molecule has 0 spiro atoms. The van der Waals surface area contributed by atoms with Crippen LogP contribution in [0.2, 0.25) is 0 Å². The van der Waals surface area contributed by atoms with Crippen LogP contribution in [0.15, 0.2) is 37.4 Å². The van der Waals surface area contributed by atoms with Crippen LogP contribution in [0, 0.1) is 0 Å². The van der Waals surface area contributed by atoms with Gasteiger partial charge < -0.3 is 0 Å². The van der Waals surface area contributed by atoms with Crippen LogP contribution in [0.1, 0.15) is 39.5 Å². The van der Waals surface area contributed by atoms with Gasteiger partial charge in [0.2, 0.25) is 19.3 Å². The van der Waals surface area contributed by atoms with E-state index in [-0.39, 0.29) is 0 Å². The van der Waals surface area contributed by atoms with Gasteiger partial charge in [-0.25, -0.2) is 9.13 Å². The van der Waals surface area contributed by atoms with E-state index in [2.05, 4.69) is 69.6 Å². The smallest absolute Gasteiger partial charge is 0.237 e. The van der Waals surface area contributed by atoms with E-state index < -0.39 is 0 Å². The third kappa shape index (κ3) is 4.23. The van der Waals surface area contributed by atoms with Crippen LogP contribution in [0.25, 0.3) is 0 Å². The summed E-state index contributed by atoms with van der Waals surface area (Å²) in [6.45, 7) is 7.58. The third-order valence-electron chi connectivity index (χ3n) is 3.36. The van der Waals surface area contributed by atoms with Crippen molar-refractivity contribution in [1.82, 2.24) is 9.13 Å². The van der Waals surface area contributed by atoms with Crippen LogP contribution >= 0.6 is 0 Å². The van der Waals surface area contributed by atoms with Crippen molar-refractivity contribution >= 4 is 0 Å². The second-order valence-corrected chi connectivity index (χ2v) is 5.18. The lowest BCUT2D eigenvalue weighted by atomic mass is 10.3. The highest BCUT2D eigenvalue weighted by Crippen LogP contribution is 1.93. The lowest BCUT2D eigenvalue weighted by Crippen LogP contribution is -2.31. The molecule has 2 heterocycles. The molecule has 2 aromatic heterocycles. The number of rotatable bonds is 8. The fourth-order valence-electron chi connectivity index (χ4n) is 2.18. The van der Waals surface area contributed by atoms with E-state index in [9.17, 15) is 0 Å². The Kier molecular flexibility index (Phi) is 5.19. The van der Waals surface area contributed by atoms with E-state index in [1.807, 2.05) is 0 Å². The fraction of sp³-hybridized carbons (Fsp3) is 0.600. The molecule has 0 unspecified atom stereocenters. The van der Waals surface area contributed by atoms with E-state index in [1.165, 1.54) is 25.7 Å². The molecule has 0 fully saturated rings. The van der Waals surface area contributed by atoms with E-state index in [4.69, 9.17) is 0 Å². The van der Waals surface area contributed by atoms with Crippen molar-refractivity contribution in [2.75, 3.05) is 0 Å². The first-order valence-electron chi connectivity index (χ1n) is 7.41. The SMILES string of the molecule is CCCC[n+]1ccn(Cn2cc[n+](CCCC)c2)c1. The van der Waals surface area contributed by atoms with Crippen LogP contribution in [-0.2, 0) is 19.8 Å². The molecule has 0 saturated heterocycles. The molecule has 4 nitrogen and oxygen atoms in total. The highest BCUT2D eigenvalue weighted by Gasteiger charge is 2.08. The number of imidazole rings is 2. The van der Waals surface area contributed by atoms with Crippen LogP contribution in [0.5, 0.6) is 0 Å². The van der Waals surface area contributed by atoms with Gasteiger partial charge in [0.05, 0.1) is 13.1 Å². The maximum absolute atomic E-state index is 2.26. The van der Waals surface area contributed by atoms with Crippen molar-refractivity contribution in [3.8, 4) is 0 Å². The average molecular weight is 262 g/mol. The maximum atomic E-state index is 2.26. The van der Waals surface area contributed by atoms with Crippen molar-refractivity contribution < 1.29 is 9.13 Å². The maximum Gasteiger partial charge on any atom is 0.246 e. The summed E-state index contributed by atoms with van der Waals surface area (Å²) in [7, 11) is 0. The summed E-state index contributed by atoms with van der Waals surface area (Å²) in [6, 6.07) is 0. The molecule has 0 aromatic carbocycles. The topological polar surface area (TPSA) is 17.6 Å². The summed E-state index contributed by atoms with van der Waals surface area (Å²) in [5, 5.41) is 0. The lowest BCUT2D eigenvalue weighted by Gasteiger charge is -1.94. The van der Waals surface area contributed by atoms with E-state index in [0.717, 1.165) is 19.8 Å². The number of hydrogen-bond donors (Lipinski definition) is 0. The van der Waals surface area contributed by atoms with Crippen molar-refractivity contribution in [2.45, 2.75) is 59.3 Å². The highest BCUT2D eigenvalue weighted by molar-refractivity contribution is 4.71. The number of aromatic nitrogens is 4. The zero-order valence-electron chi connectivity index (χ0n) is 12.2. The monoisotopic (exact) mass is 262 g/mol. The first kappa shape index (κ1) is 13.8. The standard InChI is InChI=1S/C15H26N4/c1-3-5-7-16-9-11-18(13-16)15-19-12-10-17(14-19)8-6-4-2/h9-14H,3-8,15H2,1-2H3/q+2.